The van der Waals surface area contributed by atoms with Gasteiger partial charge in [-0.25, -0.2) is 0 Å². The van der Waals surface area contributed by atoms with E-state index >= 15 is 0 Å². The average Bonchev–Trinajstić information content (AvgIpc) is 2.32. The van der Waals surface area contributed by atoms with E-state index in [0.29, 0.717) is 25.3 Å². The van der Waals surface area contributed by atoms with E-state index in [9.17, 15) is 9.59 Å². The van der Waals surface area contributed by atoms with Gasteiger partial charge in [-0.2, -0.15) is 0 Å². The number of primary amides is 1. The van der Waals surface area contributed by atoms with Crippen molar-refractivity contribution in [3.05, 3.63) is 0 Å². The molecule has 1 unspecified atom stereocenters. The van der Waals surface area contributed by atoms with Gasteiger partial charge in [-0.05, 0) is 18.8 Å². The second-order valence-corrected chi connectivity index (χ2v) is 4.05. The molecular formula is C9H16N2O2. The second kappa shape index (κ2) is 3.36. The zero-order valence-electron chi connectivity index (χ0n) is 8.09. The van der Waals surface area contributed by atoms with Gasteiger partial charge in [-0.3, -0.25) is 9.59 Å². The maximum atomic E-state index is 11.5. The molecule has 2 amide bonds. The molecule has 1 aliphatic heterocycles. The van der Waals surface area contributed by atoms with E-state index in [2.05, 4.69) is 5.32 Å². The first-order chi connectivity index (χ1) is 5.99. The smallest absolute Gasteiger partial charge is 0.235 e. The van der Waals surface area contributed by atoms with Crippen LogP contribution >= 0.6 is 0 Å². The van der Waals surface area contributed by atoms with Crippen LogP contribution in [0.3, 0.4) is 0 Å². The first-order valence-electron chi connectivity index (χ1n) is 4.57. The molecule has 13 heavy (non-hydrogen) atoms. The summed E-state index contributed by atoms with van der Waals surface area (Å²) in [6, 6.07) is 0. The van der Waals surface area contributed by atoms with Gasteiger partial charge in [0.15, 0.2) is 0 Å². The molecular weight excluding hydrogens is 168 g/mol. The van der Waals surface area contributed by atoms with Crippen molar-refractivity contribution in [1.29, 1.82) is 0 Å². The van der Waals surface area contributed by atoms with Crippen LogP contribution in [0.15, 0.2) is 0 Å². The number of carbonyl (C=O) groups excluding carboxylic acids is 2. The minimum atomic E-state index is -0.936. The van der Waals surface area contributed by atoms with Gasteiger partial charge in [0.1, 0.15) is 5.41 Å². The van der Waals surface area contributed by atoms with Crippen LogP contribution in [-0.4, -0.2) is 18.4 Å². The highest BCUT2D eigenvalue weighted by atomic mass is 16.2. The number of amides is 2. The van der Waals surface area contributed by atoms with Crippen LogP contribution in [0, 0.1) is 11.3 Å². The summed E-state index contributed by atoms with van der Waals surface area (Å²) >= 11 is 0. The Morgan fingerprint density at radius 2 is 2.31 bits per heavy atom. The maximum absolute atomic E-state index is 11.5. The van der Waals surface area contributed by atoms with E-state index in [0.717, 1.165) is 0 Å². The Hall–Kier alpha value is -1.06. The Morgan fingerprint density at radius 3 is 2.62 bits per heavy atom. The molecule has 0 aromatic carbocycles. The summed E-state index contributed by atoms with van der Waals surface area (Å²) in [5, 5.41) is 2.66. The van der Waals surface area contributed by atoms with E-state index in [4.69, 9.17) is 5.73 Å². The normalized spacial score (nSPS) is 27.8. The fourth-order valence-corrected chi connectivity index (χ4v) is 1.90. The standard InChI is InChI=1S/C9H16N2O2/c1-6(2)5-9(7(10)12)3-4-11-8(9)13/h6H,3-5H2,1-2H3,(H2,10,12)(H,11,13). The molecule has 1 saturated heterocycles. The van der Waals surface area contributed by atoms with Gasteiger partial charge in [0.05, 0.1) is 0 Å². The molecule has 1 rings (SSSR count). The summed E-state index contributed by atoms with van der Waals surface area (Å²) in [4.78, 5) is 22.7. The zero-order chi connectivity index (χ0) is 10.1. The second-order valence-electron chi connectivity index (χ2n) is 4.05. The van der Waals surface area contributed by atoms with Gasteiger partial charge in [-0.1, -0.05) is 13.8 Å². The molecule has 0 bridgehead atoms. The molecule has 4 heteroatoms. The van der Waals surface area contributed by atoms with Gasteiger partial charge in [-0.15, -0.1) is 0 Å². The van der Waals surface area contributed by atoms with Crippen molar-refractivity contribution in [3.8, 4) is 0 Å². The van der Waals surface area contributed by atoms with Gasteiger partial charge in [0.2, 0.25) is 11.8 Å². The summed E-state index contributed by atoms with van der Waals surface area (Å²) in [7, 11) is 0. The first kappa shape index (κ1) is 10.0. The van der Waals surface area contributed by atoms with Crippen molar-refractivity contribution >= 4 is 11.8 Å². The van der Waals surface area contributed by atoms with Crippen LogP contribution in [-0.2, 0) is 9.59 Å². The molecule has 0 spiro atoms. The average molecular weight is 184 g/mol. The van der Waals surface area contributed by atoms with Crippen molar-refractivity contribution < 1.29 is 9.59 Å². The molecule has 1 atom stereocenters. The minimum Gasteiger partial charge on any atom is -0.369 e. The fraction of sp³-hybridized carbons (Fsp3) is 0.778. The van der Waals surface area contributed by atoms with E-state index in [1.54, 1.807) is 0 Å². The van der Waals surface area contributed by atoms with Crippen molar-refractivity contribution in [2.75, 3.05) is 6.54 Å². The third-order valence-electron chi connectivity index (χ3n) is 2.50. The molecule has 4 nitrogen and oxygen atoms in total. The van der Waals surface area contributed by atoms with Gasteiger partial charge >= 0.3 is 0 Å². The van der Waals surface area contributed by atoms with Crippen LogP contribution in [0.25, 0.3) is 0 Å². The highest BCUT2D eigenvalue weighted by molar-refractivity contribution is 6.05. The Morgan fingerprint density at radius 1 is 1.69 bits per heavy atom. The quantitative estimate of drug-likeness (QED) is 0.607. The van der Waals surface area contributed by atoms with E-state index < -0.39 is 11.3 Å². The predicted octanol–water partition coefficient (Wildman–Crippen LogP) is 0.0241. The predicted molar refractivity (Wildman–Crippen MR) is 48.7 cm³/mol. The Balaban J connectivity index is 2.87. The van der Waals surface area contributed by atoms with Crippen LogP contribution in [0.1, 0.15) is 26.7 Å². The maximum Gasteiger partial charge on any atom is 0.235 e. The lowest BCUT2D eigenvalue weighted by atomic mass is 9.78. The highest BCUT2D eigenvalue weighted by Crippen LogP contribution is 2.33. The molecule has 1 fully saturated rings. The van der Waals surface area contributed by atoms with Crippen molar-refractivity contribution in [2.24, 2.45) is 17.1 Å². The summed E-state index contributed by atoms with van der Waals surface area (Å²) in [6.45, 7) is 4.53. The molecule has 3 N–H and O–H groups in total. The van der Waals surface area contributed by atoms with Gasteiger partial charge < -0.3 is 11.1 Å². The number of hydrogen-bond donors (Lipinski definition) is 2. The van der Waals surface area contributed by atoms with Crippen LogP contribution < -0.4 is 11.1 Å². The Bertz CT molecular complexity index is 238. The number of hydrogen-bond acceptors (Lipinski definition) is 2. The topological polar surface area (TPSA) is 72.2 Å². The molecule has 1 heterocycles. The highest BCUT2D eigenvalue weighted by Gasteiger charge is 2.47. The minimum absolute atomic E-state index is 0.200. The Labute approximate surface area is 77.9 Å². The summed E-state index contributed by atoms with van der Waals surface area (Å²) in [5.74, 6) is -0.388. The van der Waals surface area contributed by atoms with Gasteiger partial charge in [0, 0.05) is 6.54 Å². The van der Waals surface area contributed by atoms with Crippen LogP contribution in [0.2, 0.25) is 0 Å². The monoisotopic (exact) mass is 184 g/mol. The lowest BCUT2D eigenvalue weighted by Crippen LogP contribution is -2.44. The van der Waals surface area contributed by atoms with Crippen molar-refractivity contribution in [1.82, 2.24) is 5.32 Å². The third kappa shape index (κ3) is 1.66. The molecule has 0 aromatic heterocycles. The summed E-state index contributed by atoms with van der Waals surface area (Å²) in [5.41, 5.74) is 4.34. The van der Waals surface area contributed by atoms with E-state index in [1.165, 1.54) is 0 Å². The van der Waals surface area contributed by atoms with E-state index in [-0.39, 0.29) is 5.91 Å². The number of carbonyl (C=O) groups is 2. The third-order valence-corrected chi connectivity index (χ3v) is 2.50. The largest absolute Gasteiger partial charge is 0.369 e. The fourth-order valence-electron chi connectivity index (χ4n) is 1.90. The number of nitrogens with one attached hydrogen (secondary N) is 1. The number of rotatable bonds is 3. The number of nitrogens with two attached hydrogens (primary N) is 1. The first-order valence-corrected chi connectivity index (χ1v) is 4.57. The SMILES string of the molecule is CC(C)CC1(C(N)=O)CCNC1=O. The van der Waals surface area contributed by atoms with Crippen LogP contribution in [0.5, 0.6) is 0 Å². The summed E-state index contributed by atoms with van der Waals surface area (Å²) in [6.07, 6.45) is 1.09. The van der Waals surface area contributed by atoms with Crippen molar-refractivity contribution in [2.45, 2.75) is 26.7 Å². The molecule has 1 aliphatic rings. The van der Waals surface area contributed by atoms with Gasteiger partial charge in [0.25, 0.3) is 0 Å². The van der Waals surface area contributed by atoms with Crippen LogP contribution in [0.4, 0.5) is 0 Å². The lowest BCUT2D eigenvalue weighted by Gasteiger charge is -2.23. The lowest BCUT2D eigenvalue weighted by molar-refractivity contribution is -0.139. The molecule has 74 valence electrons. The zero-order valence-corrected chi connectivity index (χ0v) is 8.09. The molecule has 0 aromatic rings. The molecule has 0 radical (unpaired) electrons. The molecule has 0 aliphatic carbocycles. The Kier molecular flexibility index (Phi) is 2.59. The summed E-state index contributed by atoms with van der Waals surface area (Å²) < 4.78 is 0. The van der Waals surface area contributed by atoms with Crippen molar-refractivity contribution in [3.63, 3.8) is 0 Å². The molecule has 0 saturated carbocycles. The van der Waals surface area contributed by atoms with E-state index in [1.807, 2.05) is 13.8 Å².